The molecule has 2 amide bonds. The minimum absolute atomic E-state index is 0.00822. The van der Waals surface area contributed by atoms with Gasteiger partial charge in [-0.05, 0) is 49.2 Å². The Morgan fingerprint density at radius 3 is 2.45 bits per heavy atom. The molecule has 0 radical (unpaired) electrons. The molecule has 1 aromatic heterocycles. The molecular formula is C23H23ClN6O3. The molecule has 0 unspecified atom stereocenters. The SMILES string of the molecule is O=C(NCCO)c1ccc(Nc2ncc(Cl)c(Nc3ccccc3NC(=O)C3CC3)n2)cc1. The first kappa shape index (κ1) is 22.5. The van der Waals surface area contributed by atoms with E-state index in [0.29, 0.717) is 39.4 Å². The summed E-state index contributed by atoms with van der Waals surface area (Å²) in [5.74, 6) is 0.510. The number of carbonyl (C=O) groups is 2. The predicted molar refractivity (Wildman–Crippen MR) is 127 cm³/mol. The highest BCUT2D eigenvalue weighted by molar-refractivity contribution is 6.33. The third kappa shape index (κ3) is 5.97. The molecule has 1 saturated carbocycles. The number of hydrogen-bond acceptors (Lipinski definition) is 7. The lowest BCUT2D eigenvalue weighted by atomic mass is 10.2. The fraction of sp³-hybridized carbons (Fsp3) is 0.217. The van der Waals surface area contributed by atoms with Crippen molar-refractivity contribution in [2.45, 2.75) is 12.8 Å². The fourth-order valence-corrected chi connectivity index (χ4v) is 3.17. The van der Waals surface area contributed by atoms with Crippen molar-refractivity contribution in [3.05, 3.63) is 65.3 Å². The summed E-state index contributed by atoms with van der Waals surface area (Å²) in [7, 11) is 0. The predicted octanol–water partition coefficient (Wildman–Crippen LogP) is 3.69. The Morgan fingerprint density at radius 2 is 1.76 bits per heavy atom. The molecule has 9 nitrogen and oxygen atoms in total. The largest absolute Gasteiger partial charge is 0.395 e. The van der Waals surface area contributed by atoms with Gasteiger partial charge < -0.3 is 26.4 Å². The van der Waals surface area contributed by atoms with Crippen molar-refractivity contribution < 1.29 is 14.7 Å². The highest BCUT2D eigenvalue weighted by Crippen LogP contribution is 2.33. The van der Waals surface area contributed by atoms with Crippen LogP contribution in [0.15, 0.2) is 54.7 Å². The van der Waals surface area contributed by atoms with Crippen LogP contribution in [-0.2, 0) is 4.79 Å². The number of nitrogens with zero attached hydrogens (tertiary/aromatic N) is 2. The number of nitrogens with one attached hydrogen (secondary N) is 4. The van der Waals surface area contributed by atoms with E-state index in [1.165, 1.54) is 6.20 Å². The number of aliphatic hydroxyl groups is 1. The molecule has 0 bridgehead atoms. The van der Waals surface area contributed by atoms with Crippen LogP contribution in [0.25, 0.3) is 0 Å². The van der Waals surface area contributed by atoms with Crippen LogP contribution in [-0.4, -0.2) is 40.0 Å². The van der Waals surface area contributed by atoms with Crippen LogP contribution in [0.3, 0.4) is 0 Å². The van der Waals surface area contributed by atoms with Crippen molar-refractivity contribution in [3.8, 4) is 0 Å². The van der Waals surface area contributed by atoms with Crippen LogP contribution in [0.5, 0.6) is 0 Å². The molecule has 0 aliphatic heterocycles. The lowest BCUT2D eigenvalue weighted by Gasteiger charge is -2.14. The average molecular weight is 467 g/mol. The van der Waals surface area contributed by atoms with Gasteiger partial charge in [0.05, 0.1) is 24.2 Å². The number of rotatable bonds is 9. The van der Waals surface area contributed by atoms with Crippen LogP contribution in [0.1, 0.15) is 23.2 Å². The number of benzene rings is 2. The van der Waals surface area contributed by atoms with Crippen molar-refractivity contribution >= 4 is 52.2 Å². The van der Waals surface area contributed by atoms with Gasteiger partial charge in [-0.1, -0.05) is 23.7 Å². The van der Waals surface area contributed by atoms with Gasteiger partial charge in [0.25, 0.3) is 5.91 Å². The van der Waals surface area contributed by atoms with E-state index in [1.807, 2.05) is 24.3 Å². The highest BCUT2D eigenvalue weighted by atomic mass is 35.5. The third-order valence-electron chi connectivity index (χ3n) is 4.93. The molecule has 1 aliphatic carbocycles. The van der Waals surface area contributed by atoms with Crippen molar-refractivity contribution in [3.63, 3.8) is 0 Å². The van der Waals surface area contributed by atoms with Gasteiger partial charge in [0.1, 0.15) is 5.02 Å². The number of aromatic nitrogens is 2. The standard InChI is InChI=1S/C23H23ClN6O3/c24-17-13-26-23(27-16-9-7-14(8-10-16)21(32)25-11-12-31)30-20(17)28-18-3-1-2-4-19(18)29-22(33)15-5-6-15/h1-4,7-10,13,15,31H,5-6,11-12H2,(H,25,32)(H,29,33)(H2,26,27,28,30). The maximum absolute atomic E-state index is 12.2. The number of amides is 2. The van der Waals surface area contributed by atoms with E-state index in [-0.39, 0.29) is 30.9 Å². The first-order chi connectivity index (χ1) is 16.0. The molecule has 5 N–H and O–H groups in total. The summed E-state index contributed by atoms with van der Waals surface area (Å²) in [5.41, 5.74) is 2.46. The zero-order valence-corrected chi connectivity index (χ0v) is 18.4. The molecule has 4 rings (SSSR count). The number of anilines is 5. The van der Waals surface area contributed by atoms with Crippen molar-refractivity contribution in [2.75, 3.05) is 29.1 Å². The van der Waals surface area contributed by atoms with Gasteiger partial charge in [-0.3, -0.25) is 9.59 Å². The van der Waals surface area contributed by atoms with E-state index in [2.05, 4.69) is 31.2 Å². The van der Waals surface area contributed by atoms with Gasteiger partial charge in [-0.2, -0.15) is 4.98 Å². The second-order valence-electron chi connectivity index (χ2n) is 7.51. The van der Waals surface area contributed by atoms with Gasteiger partial charge in [0.2, 0.25) is 11.9 Å². The summed E-state index contributed by atoms with van der Waals surface area (Å²) < 4.78 is 0. The average Bonchev–Trinajstić information content (AvgIpc) is 3.67. The van der Waals surface area contributed by atoms with Crippen molar-refractivity contribution in [1.29, 1.82) is 0 Å². The molecule has 1 heterocycles. The lowest BCUT2D eigenvalue weighted by molar-refractivity contribution is -0.117. The molecule has 0 atom stereocenters. The summed E-state index contributed by atoms with van der Waals surface area (Å²) in [6.45, 7) is 0.0770. The molecule has 33 heavy (non-hydrogen) atoms. The Bertz CT molecular complexity index is 1150. The minimum atomic E-state index is -0.266. The van der Waals surface area contributed by atoms with E-state index in [9.17, 15) is 9.59 Å². The van der Waals surface area contributed by atoms with E-state index in [0.717, 1.165) is 12.8 Å². The van der Waals surface area contributed by atoms with Crippen LogP contribution in [0.4, 0.5) is 28.8 Å². The third-order valence-corrected chi connectivity index (χ3v) is 5.21. The zero-order chi connectivity index (χ0) is 23.2. The van der Waals surface area contributed by atoms with Crippen molar-refractivity contribution in [2.24, 2.45) is 5.92 Å². The van der Waals surface area contributed by atoms with E-state index in [1.54, 1.807) is 24.3 Å². The highest BCUT2D eigenvalue weighted by Gasteiger charge is 2.30. The molecule has 2 aromatic carbocycles. The van der Waals surface area contributed by atoms with Gasteiger partial charge in [-0.15, -0.1) is 0 Å². The van der Waals surface area contributed by atoms with E-state index >= 15 is 0 Å². The molecule has 170 valence electrons. The molecule has 1 aliphatic rings. The maximum atomic E-state index is 12.2. The number of carbonyl (C=O) groups excluding carboxylic acids is 2. The van der Waals surface area contributed by atoms with Crippen LogP contribution in [0.2, 0.25) is 5.02 Å². The lowest BCUT2D eigenvalue weighted by Crippen LogP contribution is -2.26. The maximum Gasteiger partial charge on any atom is 0.251 e. The van der Waals surface area contributed by atoms with Crippen LogP contribution < -0.4 is 21.3 Å². The summed E-state index contributed by atoms with van der Waals surface area (Å²) >= 11 is 6.30. The normalized spacial score (nSPS) is 12.7. The number of aliphatic hydroxyl groups excluding tert-OH is 1. The van der Waals surface area contributed by atoms with Crippen molar-refractivity contribution in [1.82, 2.24) is 15.3 Å². The van der Waals surface area contributed by atoms with E-state index in [4.69, 9.17) is 16.7 Å². The fourth-order valence-electron chi connectivity index (χ4n) is 3.03. The Labute approximate surface area is 195 Å². The monoisotopic (exact) mass is 466 g/mol. The van der Waals surface area contributed by atoms with Crippen LogP contribution >= 0.6 is 11.6 Å². The van der Waals surface area contributed by atoms with Crippen LogP contribution in [0, 0.1) is 5.92 Å². The Morgan fingerprint density at radius 1 is 1.03 bits per heavy atom. The molecule has 0 spiro atoms. The number of halogens is 1. The van der Waals surface area contributed by atoms with Gasteiger partial charge >= 0.3 is 0 Å². The van der Waals surface area contributed by atoms with Gasteiger partial charge in [-0.25, -0.2) is 4.98 Å². The first-order valence-electron chi connectivity index (χ1n) is 10.5. The topological polar surface area (TPSA) is 128 Å². The molecule has 3 aromatic rings. The zero-order valence-electron chi connectivity index (χ0n) is 17.6. The van der Waals surface area contributed by atoms with Gasteiger partial charge in [0.15, 0.2) is 5.82 Å². The summed E-state index contributed by atoms with van der Waals surface area (Å²) in [4.78, 5) is 32.8. The molecule has 10 heteroatoms. The summed E-state index contributed by atoms with van der Waals surface area (Å²) in [6.07, 6.45) is 3.31. The van der Waals surface area contributed by atoms with Gasteiger partial charge in [0, 0.05) is 23.7 Å². The minimum Gasteiger partial charge on any atom is -0.395 e. The Kier molecular flexibility index (Phi) is 7.01. The smallest absolute Gasteiger partial charge is 0.251 e. The number of para-hydroxylation sites is 2. The van der Waals surface area contributed by atoms with E-state index < -0.39 is 0 Å². The molecular weight excluding hydrogens is 444 g/mol. The number of hydrogen-bond donors (Lipinski definition) is 5. The molecule has 1 fully saturated rings. The second-order valence-corrected chi connectivity index (χ2v) is 7.91. The second kappa shape index (κ2) is 10.3. The Hall–Kier alpha value is -3.69. The summed E-state index contributed by atoms with van der Waals surface area (Å²) in [6, 6.07) is 14.1. The first-order valence-corrected chi connectivity index (χ1v) is 10.9. The Balaban J connectivity index is 1.46. The summed E-state index contributed by atoms with van der Waals surface area (Å²) in [5, 5.41) is 20.9. The quantitative estimate of drug-likeness (QED) is 0.325. The molecule has 0 saturated heterocycles.